The zero-order valence-electron chi connectivity index (χ0n) is 13.2. The molecule has 1 heterocycles. The number of rotatable bonds is 7. The first-order valence-electron chi connectivity index (χ1n) is 7.48. The number of hydrogen-bond acceptors (Lipinski definition) is 5. The Morgan fingerprint density at radius 3 is 2.25 bits per heavy atom. The molecule has 3 N–H and O–H groups in total. The maximum absolute atomic E-state index is 12.4. The van der Waals surface area contributed by atoms with Crippen LogP contribution in [-0.2, 0) is 0 Å². The van der Waals surface area contributed by atoms with E-state index in [-0.39, 0.29) is 11.4 Å². The monoisotopic (exact) mass is 347 g/mol. The van der Waals surface area contributed by atoms with Gasteiger partial charge in [-0.25, -0.2) is 9.97 Å². The zero-order valence-corrected chi connectivity index (χ0v) is 13.9. The molecule has 0 fully saturated rings. The lowest BCUT2D eigenvalue weighted by molar-refractivity contribution is 0.0933. The fourth-order valence-electron chi connectivity index (χ4n) is 1.92. The molecule has 1 aromatic heterocycles. The summed E-state index contributed by atoms with van der Waals surface area (Å²) in [5.74, 6) is -0.954. The molecule has 8 heteroatoms. The molecule has 0 aliphatic heterocycles. The van der Waals surface area contributed by atoms with Gasteiger partial charge in [0.15, 0.2) is 11.4 Å². The minimum Gasteiger partial charge on any atom is -0.349 e. The molecule has 2 aromatic rings. The van der Waals surface area contributed by atoms with Crippen molar-refractivity contribution in [3.8, 4) is 0 Å². The van der Waals surface area contributed by atoms with Crippen LogP contribution < -0.4 is 16.0 Å². The van der Waals surface area contributed by atoms with Crippen LogP contribution in [0.4, 0.5) is 5.69 Å². The van der Waals surface area contributed by atoms with Crippen molar-refractivity contribution < 1.29 is 9.59 Å². The third kappa shape index (κ3) is 5.00. The van der Waals surface area contributed by atoms with Crippen LogP contribution in [-0.4, -0.2) is 41.4 Å². The molecule has 24 heavy (non-hydrogen) atoms. The lowest BCUT2D eigenvalue weighted by Crippen LogP contribution is -2.33. The van der Waals surface area contributed by atoms with Gasteiger partial charge in [0.1, 0.15) is 0 Å². The Balaban J connectivity index is 2.08. The molecule has 1 aromatic carbocycles. The largest absolute Gasteiger partial charge is 0.349 e. The maximum Gasteiger partial charge on any atom is 0.276 e. The fraction of sp³-hybridized carbons (Fsp3) is 0.250. The third-order valence-corrected chi connectivity index (χ3v) is 3.32. The van der Waals surface area contributed by atoms with Gasteiger partial charge in [-0.2, -0.15) is 0 Å². The molecule has 7 nitrogen and oxygen atoms in total. The Morgan fingerprint density at radius 2 is 1.62 bits per heavy atom. The standard InChI is InChI=1S/C16H18ClN5O2/c1-2-18-7-8-21-15(23)13-14(20-10-9-19-13)16(24)22-12-5-3-11(17)4-6-12/h3-6,9-10,18H,2,7-8H2,1H3,(H,21,23)(H,22,24). The van der Waals surface area contributed by atoms with Gasteiger partial charge in [0.05, 0.1) is 0 Å². The van der Waals surface area contributed by atoms with E-state index in [9.17, 15) is 9.59 Å². The molecular weight excluding hydrogens is 330 g/mol. The highest BCUT2D eigenvalue weighted by molar-refractivity contribution is 6.30. The van der Waals surface area contributed by atoms with Crippen molar-refractivity contribution in [1.29, 1.82) is 0 Å². The smallest absolute Gasteiger partial charge is 0.276 e. The first kappa shape index (κ1) is 17.8. The van der Waals surface area contributed by atoms with E-state index in [4.69, 9.17) is 11.6 Å². The highest BCUT2D eigenvalue weighted by Gasteiger charge is 2.19. The van der Waals surface area contributed by atoms with Crippen molar-refractivity contribution in [3.63, 3.8) is 0 Å². The maximum atomic E-state index is 12.4. The van der Waals surface area contributed by atoms with Gasteiger partial charge in [-0.1, -0.05) is 18.5 Å². The second-order valence-corrected chi connectivity index (χ2v) is 5.26. The molecule has 0 aliphatic carbocycles. The number of nitrogens with zero attached hydrogens (tertiary/aromatic N) is 2. The van der Waals surface area contributed by atoms with E-state index in [0.29, 0.717) is 23.8 Å². The van der Waals surface area contributed by atoms with E-state index in [1.165, 1.54) is 12.4 Å². The summed E-state index contributed by atoms with van der Waals surface area (Å²) in [5, 5.41) is 9.02. The Labute approximate surface area is 144 Å². The van der Waals surface area contributed by atoms with Crippen molar-refractivity contribution in [3.05, 3.63) is 53.1 Å². The summed E-state index contributed by atoms with van der Waals surface area (Å²) in [6.45, 7) is 3.86. The number of nitrogens with one attached hydrogen (secondary N) is 3. The first-order chi connectivity index (χ1) is 11.6. The van der Waals surface area contributed by atoms with Crippen molar-refractivity contribution in [1.82, 2.24) is 20.6 Å². The van der Waals surface area contributed by atoms with Crippen molar-refractivity contribution in [2.45, 2.75) is 6.92 Å². The van der Waals surface area contributed by atoms with Crippen LogP contribution in [0, 0.1) is 0 Å². The SMILES string of the molecule is CCNCCNC(=O)c1nccnc1C(=O)Nc1ccc(Cl)cc1. The molecule has 0 aliphatic rings. The van der Waals surface area contributed by atoms with Crippen molar-refractivity contribution >= 4 is 29.1 Å². The minimum atomic E-state index is -0.512. The van der Waals surface area contributed by atoms with Crippen molar-refractivity contribution in [2.24, 2.45) is 0 Å². The number of hydrogen-bond donors (Lipinski definition) is 3. The van der Waals surface area contributed by atoms with Gasteiger partial charge in [0.25, 0.3) is 11.8 Å². The third-order valence-electron chi connectivity index (χ3n) is 3.07. The number of carbonyl (C=O) groups excluding carboxylic acids is 2. The normalized spacial score (nSPS) is 10.2. The lowest BCUT2D eigenvalue weighted by Gasteiger charge is -2.09. The molecule has 0 atom stereocenters. The first-order valence-corrected chi connectivity index (χ1v) is 7.86. The van der Waals surface area contributed by atoms with Crippen LogP contribution in [0.15, 0.2) is 36.7 Å². The molecule has 0 unspecified atom stereocenters. The number of halogens is 1. The van der Waals surface area contributed by atoms with Gasteiger partial charge in [-0.3, -0.25) is 9.59 Å². The van der Waals surface area contributed by atoms with E-state index >= 15 is 0 Å². The van der Waals surface area contributed by atoms with Crippen molar-refractivity contribution in [2.75, 3.05) is 25.0 Å². The number of carbonyl (C=O) groups is 2. The van der Waals surface area contributed by atoms with Crippen LogP contribution in [0.2, 0.25) is 5.02 Å². The van der Waals surface area contributed by atoms with E-state index < -0.39 is 11.8 Å². The van der Waals surface area contributed by atoms with Crippen LogP contribution in [0.3, 0.4) is 0 Å². The molecule has 0 bridgehead atoms. The second kappa shape index (κ2) is 8.95. The number of benzene rings is 1. The average Bonchev–Trinajstić information content (AvgIpc) is 2.60. The topological polar surface area (TPSA) is 96.0 Å². The Morgan fingerprint density at radius 1 is 1.00 bits per heavy atom. The van der Waals surface area contributed by atoms with Gasteiger partial charge >= 0.3 is 0 Å². The zero-order chi connectivity index (χ0) is 17.4. The predicted octanol–water partition coefficient (Wildman–Crippen LogP) is 1.72. The van der Waals surface area contributed by atoms with Gasteiger partial charge in [-0.05, 0) is 30.8 Å². The highest BCUT2D eigenvalue weighted by Crippen LogP contribution is 2.14. The number of aromatic nitrogens is 2. The summed E-state index contributed by atoms with van der Waals surface area (Å²) in [7, 11) is 0. The highest BCUT2D eigenvalue weighted by atomic mass is 35.5. The predicted molar refractivity (Wildman–Crippen MR) is 92.3 cm³/mol. The second-order valence-electron chi connectivity index (χ2n) is 4.82. The summed E-state index contributed by atoms with van der Waals surface area (Å²) in [4.78, 5) is 32.5. The lowest BCUT2D eigenvalue weighted by atomic mass is 10.2. The van der Waals surface area contributed by atoms with E-state index in [1.807, 2.05) is 6.92 Å². The molecule has 2 amide bonds. The van der Waals surface area contributed by atoms with E-state index in [2.05, 4.69) is 25.9 Å². The van der Waals surface area contributed by atoms with Crippen LogP contribution >= 0.6 is 11.6 Å². The summed E-state index contributed by atoms with van der Waals surface area (Å²) in [6, 6.07) is 6.63. The summed E-state index contributed by atoms with van der Waals surface area (Å²) in [5.41, 5.74) is 0.502. The number of anilines is 1. The van der Waals surface area contributed by atoms with Crippen LogP contribution in [0.25, 0.3) is 0 Å². The number of likely N-dealkylation sites (N-methyl/N-ethyl adjacent to an activating group) is 1. The average molecular weight is 348 g/mol. The van der Waals surface area contributed by atoms with Gasteiger partial charge < -0.3 is 16.0 Å². The molecule has 126 valence electrons. The summed E-state index contributed by atoms with van der Waals surface area (Å²) in [6.07, 6.45) is 2.74. The minimum absolute atomic E-state index is 0.0135. The summed E-state index contributed by atoms with van der Waals surface area (Å²) < 4.78 is 0. The van der Waals surface area contributed by atoms with Crippen LogP contribution in [0.1, 0.15) is 27.9 Å². The van der Waals surface area contributed by atoms with Gasteiger partial charge in [-0.15, -0.1) is 0 Å². The Kier molecular flexibility index (Phi) is 6.65. The molecule has 2 rings (SSSR count). The Hall–Kier alpha value is -2.51. The van der Waals surface area contributed by atoms with E-state index in [1.54, 1.807) is 24.3 Å². The van der Waals surface area contributed by atoms with Gasteiger partial charge in [0.2, 0.25) is 0 Å². The molecule has 0 spiro atoms. The quantitative estimate of drug-likeness (QED) is 0.663. The molecular formula is C16H18ClN5O2. The summed E-state index contributed by atoms with van der Waals surface area (Å²) >= 11 is 5.81. The molecule has 0 saturated heterocycles. The molecule has 0 saturated carbocycles. The van der Waals surface area contributed by atoms with Crippen LogP contribution in [0.5, 0.6) is 0 Å². The van der Waals surface area contributed by atoms with E-state index in [0.717, 1.165) is 6.54 Å². The van der Waals surface area contributed by atoms with Gasteiger partial charge in [0, 0.05) is 36.2 Å². The molecule has 0 radical (unpaired) electrons. The Bertz CT molecular complexity index is 706. The number of amides is 2. The fourth-order valence-corrected chi connectivity index (χ4v) is 2.04.